The smallest absolute Gasteiger partial charge is 0.355 e. The number of benzene rings is 1. The van der Waals surface area contributed by atoms with Crippen LogP contribution in [0.2, 0.25) is 0 Å². The van der Waals surface area contributed by atoms with Crippen LogP contribution in [-0.2, 0) is 6.42 Å². The van der Waals surface area contributed by atoms with Gasteiger partial charge in [0.05, 0.1) is 0 Å². The monoisotopic (exact) mass is 233 g/mol. The molecule has 0 fully saturated rings. The third-order valence-corrected chi connectivity index (χ3v) is 3.23. The molecule has 0 saturated carbocycles. The molecule has 0 radical (unpaired) electrons. The van der Waals surface area contributed by atoms with Gasteiger partial charge in [-0.15, -0.1) is 11.3 Å². The second-order valence-electron chi connectivity index (χ2n) is 3.35. The van der Waals surface area contributed by atoms with Crippen LogP contribution in [0, 0.1) is 0 Å². The predicted molar refractivity (Wildman–Crippen MR) is 63.9 cm³/mol. The summed E-state index contributed by atoms with van der Waals surface area (Å²) in [5.74, 6) is -0.975. The highest BCUT2D eigenvalue weighted by molar-refractivity contribution is 7.13. The zero-order chi connectivity index (χ0) is 11.5. The number of carbonyl (C=O) groups is 1. The minimum atomic E-state index is -0.975. The van der Waals surface area contributed by atoms with Gasteiger partial charge in [-0.05, 0) is 12.0 Å². The van der Waals surface area contributed by atoms with Crippen molar-refractivity contribution in [2.24, 2.45) is 0 Å². The molecule has 3 nitrogen and oxygen atoms in total. The van der Waals surface area contributed by atoms with E-state index in [4.69, 9.17) is 5.11 Å². The van der Waals surface area contributed by atoms with Crippen molar-refractivity contribution in [2.45, 2.75) is 13.3 Å². The van der Waals surface area contributed by atoms with Gasteiger partial charge < -0.3 is 5.11 Å². The number of aromatic carboxylic acids is 1. The number of carboxylic acid groups (broad SMARTS) is 1. The second-order valence-corrected chi connectivity index (χ2v) is 4.21. The normalized spacial score (nSPS) is 10.3. The highest BCUT2D eigenvalue weighted by Crippen LogP contribution is 2.27. The molecular weight excluding hydrogens is 222 g/mol. The quantitative estimate of drug-likeness (QED) is 0.886. The van der Waals surface area contributed by atoms with Gasteiger partial charge in [-0.2, -0.15) is 0 Å². The Morgan fingerprint density at radius 1 is 1.44 bits per heavy atom. The lowest BCUT2D eigenvalue weighted by atomic mass is 10.1. The minimum absolute atomic E-state index is 0.117. The summed E-state index contributed by atoms with van der Waals surface area (Å²) in [6.07, 6.45) is 0.915. The Morgan fingerprint density at radius 2 is 2.19 bits per heavy atom. The number of aryl methyl sites for hydroxylation is 1. The van der Waals surface area contributed by atoms with Gasteiger partial charge in [0.2, 0.25) is 0 Å². The third kappa shape index (κ3) is 1.97. The van der Waals surface area contributed by atoms with Crippen LogP contribution in [0.4, 0.5) is 0 Å². The van der Waals surface area contributed by atoms with Gasteiger partial charge in [0.15, 0.2) is 5.69 Å². The van der Waals surface area contributed by atoms with Crippen molar-refractivity contribution in [3.63, 3.8) is 0 Å². The van der Waals surface area contributed by atoms with Crippen molar-refractivity contribution in [1.82, 2.24) is 4.98 Å². The number of carboxylic acids is 1. The molecule has 1 heterocycles. The van der Waals surface area contributed by atoms with E-state index in [1.54, 1.807) is 5.38 Å². The van der Waals surface area contributed by atoms with Gasteiger partial charge in [0.1, 0.15) is 5.01 Å². The summed E-state index contributed by atoms with van der Waals surface area (Å²) < 4.78 is 0. The zero-order valence-corrected chi connectivity index (χ0v) is 9.62. The van der Waals surface area contributed by atoms with E-state index in [9.17, 15) is 4.79 Å². The lowest BCUT2D eigenvalue weighted by Crippen LogP contribution is -1.96. The molecule has 1 aromatic carbocycles. The molecule has 0 bridgehead atoms. The van der Waals surface area contributed by atoms with Gasteiger partial charge in [-0.25, -0.2) is 9.78 Å². The molecule has 0 amide bonds. The van der Waals surface area contributed by atoms with Crippen molar-refractivity contribution in [3.05, 3.63) is 40.9 Å². The molecule has 1 N–H and O–H groups in total. The van der Waals surface area contributed by atoms with Crippen LogP contribution in [0.15, 0.2) is 29.6 Å². The molecular formula is C12H11NO2S. The van der Waals surface area contributed by atoms with Gasteiger partial charge in [0, 0.05) is 10.9 Å². The Bertz CT molecular complexity index is 519. The van der Waals surface area contributed by atoms with Gasteiger partial charge in [-0.1, -0.05) is 31.2 Å². The van der Waals surface area contributed by atoms with Crippen LogP contribution in [0.5, 0.6) is 0 Å². The van der Waals surface area contributed by atoms with E-state index in [1.165, 1.54) is 16.9 Å². The van der Waals surface area contributed by atoms with Gasteiger partial charge >= 0.3 is 5.97 Å². The summed E-state index contributed by atoms with van der Waals surface area (Å²) in [6.45, 7) is 2.07. The van der Waals surface area contributed by atoms with Gasteiger partial charge in [-0.3, -0.25) is 0 Å². The molecule has 2 aromatic rings. The Labute approximate surface area is 97.4 Å². The SMILES string of the molecule is CCc1ccccc1-c1nc(C(=O)O)cs1. The van der Waals surface area contributed by atoms with E-state index >= 15 is 0 Å². The lowest BCUT2D eigenvalue weighted by Gasteiger charge is -2.03. The van der Waals surface area contributed by atoms with Crippen LogP contribution in [0.1, 0.15) is 23.0 Å². The summed E-state index contributed by atoms with van der Waals surface area (Å²) in [4.78, 5) is 14.9. The number of hydrogen-bond donors (Lipinski definition) is 1. The van der Waals surface area contributed by atoms with Crippen molar-refractivity contribution < 1.29 is 9.90 Å². The maximum absolute atomic E-state index is 10.7. The molecule has 0 aliphatic rings. The lowest BCUT2D eigenvalue weighted by molar-refractivity contribution is 0.0691. The van der Waals surface area contributed by atoms with Crippen LogP contribution in [-0.4, -0.2) is 16.1 Å². The molecule has 0 unspecified atom stereocenters. The Hall–Kier alpha value is -1.68. The topological polar surface area (TPSA) is 50.2 Å². The molecule has 0 atom stereocenters. The highest BCUT2D eigenvalue weighted by Gasteiger charge is 2.11. The fourth-order valence-corrected chi connectivity index (χ4v) is 2.39. The van der Waals surface area contributed by atoms with Crippen molar-refractivity contribution in [1.29, 1.82) is 0 Å². The van der Waals surface area contributed by atoms with E-state index in [2.05, 4.69) is 11.9 Å². The second kappa shape index (κ2) is 4.45. The fraction of sp³-hybridized carbons (Fsp3) is 0.167. The molecule has 0 aliphatic carbocycles. The van der Waals surface area contributed by atoms with E-state index in [0.717, 1.165) is 17.0 Å². The largest absolute Gasteiger partial charge is 0.476 e. The number of thiazole rings is 1. The summed E-state index contributed by atoms with van der Waals surface area (Å²) in [7, 11) is 0. The number of nitrogens with zero attached hydrogens (tertiary/aromatic N) is 1. The molecule has 16 heavy (non-hydrogen) atoms. The van der Waals surface area contributed by atoms with Crippen LogP contribution in [0.25, 0.3) is 10.6 Å². The van der Waals surface area contributed by atoms with E-state index in [0.29, 0.717) is 0 Å². The fourth-order valence-electron chi connectivity index (χ4n) is 1.53. The average Bonchev–Trinajstić information content (AvgIpc) is 2.78. The van der Waals surface area contributed by atoms with Crippen LogP contribution < -0.4 is 0 Å². The molecule has 0 saturated heterocycles. The number of aromatic nitrogens is 1. The first kappa shape index (κ1) is 10.8. The van der Waals surface area contributed by atoms with E-state index in [1.807, 2.05) is 24.3 Å². The number of rotatable bonds is 3. The summed E-state index contributed by atoms with van der Waals surface area (Å²) >= 11 is 1.37. The Balaban J connectivity index is 2.46. The molecule has 0 spiro atoms. The van der Waals surface area contributed by atoms with Crippen molar-refractivity contribution >= 4 is 17.3 Å². The zero-order valence-electron chi connectivity index (χ0n) is 8.80. The van der Waals surface area contributed by atoms with Gasteiger partial charge in [0.25, 0.3) is 0 Å². The molecule has 1 aromatic heterocycles. The first-order chi connectivity index (χ1) is 7.72. The Kier molecular flexibility index (Phi) is 3.01. The van der Waals surface area contributed by atoms with Crippen LogP contribution >= 0.6 is 11.3 Å². The third-order valence-electron chi connectivity index (χ3n) is 2.35. The first-order valence-corrected chi connectivity index (χ1v) is 5.87. The van der Waals surface area contributed by atoms with Crippen molar-refractivity contribution in [2.75, 3.05) is 0 Å². The predicted octanol–water partition coefficient (Wildman–Crippen LogP) is 3.07. The molecule has 82 valence electrons. The van der Waals surface area contributed by atoms with Crippen molar-refractivity contribution in [3.8, 4) is 10.6 Å². The first-order valence-electron chi connectivity index (χ1n) is 4.99. The summed E-state index contributed by atoms with van der Waals surface area (Å²) in [6, 6.07) is 7.94. The maximum atomic E-state index is 10.7. The van der Waals surface area contributed by atoms with Crippen LogP contribution in [0.3, 0.4) is 0 Å². The highest BCUT2D eigenvalue weighted by atomic mass is 32.1. The molecule has 2 rings (SSSR count). The minimum Gasteiger partial charge on any atom is -0.476 e. The average molecular weight is 233 g/mol. The molecule has 0 aliphatic heterocycles. The summed E-state index contributed by atoms with van der Waals surface area (Å²) in [5, 5.41) is 11.2. The van der Waals surface area contributed by atoms with E-state index in [-0.39, 0.29) is 5.69 Å². The summed E-state index contributed by atoms with van der Waals surface area (Å²) in [5.41, 5.74) is 2.34. The Morgan fingerprint density at radius 3 is 2.81 bits per heavy atom. The molecule has 4 heteroatoms. The van der Waals surface area contributed by atoms with E-state index < -0.39 is 5.97 Å². The number of hydrogen-bond acceptors (Lipinski definition) is 3. The standard InChI is InChI=1S/C12H11NO2S/c1-2-8-5-3-4-6-9(8)11-13-10(7-16-11)12(14)15/h3-7H,2H2,1H3,(H,14,15). The maximum Gasteiger partial charge on any atom is 0.355 e.